The maximum atomic E-state index is 12.8. The van der Waals surface area contributed by atoms with Crippen LogP contribution in [0.4, 0.5) is 10.5 Å². The zero-order chi connectivity index (χ0) is 25.2. The minimum absolute atomic E-state index is 0.0585. The molecule has 0 unspecified atom stereocenters. The molecule has 188 valence electrons. The van der Waals surface area contributed by atoms with Crippen LogP contribution in [0, 0.1) is 12.8 Å². The van der Waals surface area contributed by atoms with E-state index in [0.29, 0.717) is 26.2 Å². The lowest BCUT2D eigenvalue weighted by atomic mass is 10.1. The summed E-state index contributed by atoms with van der Waals surface area (Å²) in [6.07, 6.45) is 4.02. The fourth-order valence-corrected chi connectivity index (χ4v) is 4.13. The predicted octanol–water partition coefficient (Wildman–Crippen LogP) is 4.35. The fourth-order valence-electron chi connectivity index (χ4n) is 4.13. The molecule has 7 nitrogen and oxygen atoms in total. The van der Waals surface area contributed by atoms with Gasteiger partial charge in [-0.15, -0.1) is 0 Å². The van der Waals surface area contributed by atoms with Crippen LogP contribution >= 0.6 is 0 Å². The van der Waals surface area contributed by atoms with Gasteiger partial charge in [-0.25, -0.2) is 4.79 Å². The zero-order valence-electron chi connectivity index (χ0n) is 21.4. The van der Waals surface area contributed by atoms with Crippen molar-refractivity contribution >= 4 is 23.7 Å². The molecule has 1 saturated heterocycles. The van der Waals surface area contributed by atoms with Gasteiger partial charge in [-0.05, 0) is 30.7 Å². The zero-order valence-corrected chi connectivity index (χ0v) is 21.4. The molecule has 1 fully saturated rings. The fraction of sp³-hybridized carbons (Fsp3) is 0.429. The minimum atomic E-state index is -0.0617. The summed E-state index contributed by atoms with van der Waals surface area (Å²) in [5.41, 5.74) is 2.93. The Balaban J connectivity index is 1.49. The molecule has 0 radical (unpaired) electrons. The van der Waals surface area contributed by atoms with Crippen LogP contribution in [0.1, 0.15) is 25.0 Å². The highest BCUT2D eigenvalue weighted by Crippen LogP contribution is 2.19. The summed E-state index contributed by atoms with van der Waals surface area (Å²) in [7, 11) is 1.66. The molecule has 1 heterocycles. The number of ether oxygens (including phenoxy) is 1. The van der Waals surface area contributed by atoms with Crippen LogP contribution < -0.4 is 10.1 Å². The van der Waals surface area contributed by atoms with Gasteiger partial charge in [0, 0.05) is 63.0 Å². The van der Waals surface area contributed by atoms with Crippen molar-refractivity contribution < 1.29 is 14.3 Å². The van der Waals surface area contributed by atoms with Gasteiger partial charge in [-0.3, -0.25) is 9.69 Å². The van der Waals surface area contributed by atoms with E-state index in [0.717, 1.165) is 42.2 Å². The normalized spacial score (nSPS) is 14.4. The monoisotopic (exact) mass is 478 g/mol. The Kier molecular flexibility index (Phi) is 9.73. The van der Waals surface area contributed by atoms with E-state index in [1.165, 1.54) is 0 Å². The summed E-state index contributed by atoms with van der Waals surface area (Å²) in [5.74, 6) is 0.900. The topological polar surface area (TPSA) is 65.1 Å². The number of nitrogens with zero attached hydrogens (tertiary/aromatic N) is 3. The largest absolute Gasteiger partial charge is 0.496 e. The highest BCUT2D eigenvalue weighted by Gasteiger charge is 2.23. The van der Waals surface area contributed by atoms with Crippen LogP contribution in [0.25, 0.3) is 6.08 Å². The average Bonchev–Trinajstić information content (AvgIpc) is 2.86. The number of piperazine rings is 1. The molecule has 7 heteroatoms. The quantitative estimate of drug-likeness (QED) is 0.582. The number of benzene rings is 2. The van der Waals surface area contributed by atoms with Crippen LogP contribution in [-0.4, -0.2) is 79.6 Å². The van der Waals surface area contributed by atoms with Gasteiger partial charge in [-0.2, -0.15) is 0 Å². The third-order valence-electron chi connectivity index (χ3n) is 6.18. The van der Waals surface area contributed by atoms with E-state index in [2.05, 4.69) is 10.2 Å². The van der Waals surface area contributed by atoms with Crippen molar-refractivity contribution in [3.63, 3.8) is 0 Å². The Labute approximate surface area is 209 Å². The van der Waals surface area contributed by atoms with Crippen molar-refractivity contribution in [3.05, 3.63) is 65.7 Å². The number of urea groups is 1. The van der Waals surface area contributed by atoms with Crippen LogP contribution in [0.15, 0.2) is 54.6 Å². The summed E-state index contributed by atoms with van der Waals surface area (Å²) >= 11 is 0. The van der Waals surface area contributed by atoms with Crippen LogP contribution in [0.2, 0.25) is 0 Å². The Morgan fingerprint density at radius 2 is 1.83 bits per heavy atom. The van der Waals surface area contributed by atoms with Crippen molar-refractivity contribution in [2.45, 2.75) is 20.8 Å². The lowest BCUT2D eigenvalue weighted by Crippen LogP contribution is -2.51. The molecule has 1 N–H and O–H groups in total. The molecule has 2 aromatic carbocycles. The standard InChI is InChI=1S/C28H38N4O3/c1-22(2)27(33)31(14-8-11-24-10-5-6-13-26(24)35-4)18-15-30-16-19-32(20-17-30)28(34)29-25-12-7-9-23(3)21-25/h5-13,21-22H,14-20H2,1-4H3,(H,29,34)/b11-8+. The number of carbonyl (C=O) groups is 2. The van der Waals surface area contributed by atoms with Gasteiger partial charge < -0.3 is 19.9 Å². The van der Waals surface area contributed by atoms with Gasteiger partial charge in [0.2, 0.25) is 5.91 Å². The second kappa shape index (κ2) is 13.0. The number of anilines is 1. The molecule has 2 aromatic rings. The second-order valence-corrected chi connectivity index (χ2v) is 9.21. The van der Waals surface area contributed by atoms with Crippen molar-refractivity contribution in [2.24, 2.45) is 5.92 Å². The number of hydrogen-bond acceptors (Lipinski definition) is 4. The van der Waals surface area contributed by atoms with Gasteiger partial charge in [0.05, 0.1) is 7.11 Å². The number of rotatable bonds is 9. The molecule has 0 spiro atoms. The third kappa shape index (κ3) is 7.86. The number of aryl methyl sites for hydroxylation is 1. The number of para-hydroxylation sites is 1. The highest BCUT2D eigenvalue weighted by atomic mass is 16.5. The van der Waals surface area contributed by atoms with Crippen molar-refractivity contribution in [3.8, 4) is 5.75 Å². The van der Waals surface area contributed by atoms with E-state index in [-0.39, 0.29) is 17.9 Å². The Morgan fingerprint density at radius 1 is 1.09 bits per heavy atom. The third-order valence-corrected chi connectivity index (χ3v) is 6.18. The number of carbonyl (C=O) groups excluding carboxylic acids is 2. The van der Waals surface area contributed by atoms with Gasteiger partial charge in [0.25, 0.3) is 0 Å². The Hall–Kier alpha value is -3.32. The average molecular weight is 479 g/mol. The molecule has 1 aliphatic heterocycles. The summed E-state index contributed by atoms with van der Waals surface area (Å²) < 4.78 is 5.41. The smallest absolute Gasteiger partial charge is 0.321 e. The molecular formula is C28H38N4O3. The summed E-state index contributed by atoms with van der Waals surface area (Å²) in [4.78, 5) is 31.5. The number of nitrogens with one attached hydrogen (secondary N) is 1. The Bertz CT molecular complexity index is 1010. The van der Waals surface area contributed by atoms with Crippen LogP contribution in [0.3, 0.4) is 0 Å². The van der Waals surface area contributed by atoms with E-state index in [1.807, 2.05) is 91.3 Å². The Morgan fingerprint density at radius 3 is 2.51 bits per heavy atom. The molecule has 3 amide bonds. The molecule has 0 saturated carbocycles. The molecule has 0 bridgehead atoms. The van der Waals surface area contributed by atoms with Crippen molar-refractivity contribution in [1.82, 2.24) is 14.7 Å². The molecule has 0 atom stereocenters. The lowest BCUT2D eigenvalue weighted by Gasteiger charge is -2.36. The minimum Gasteiger partial charge on any atom is -0.496 e. The summed E-state index contributed by atoms with van der Waals surface area (Å²) in [5, 5.41) is 2.99. The number of methoxy groups -OCH3 is 1. The van der Waals surface area contributed by atoms with E-state index >= 15 is 0 Å². The molecule has 0 aliphatic carbocycles. The summed E-state index contributed by atoms with van der Waals surface area (Å²) in [6.45, 7) is 10.8. The summed E-state index contributed by atoms with van der Waals surface area (Å²) in [6, 6.07) is 15.6. The van der Waals surface area contributed by atoms with Crippen LogP contribution in [0.5, 0.6) is 5.75 Å². The number of amides is 3. The van der Waals surface area contributed by atoms with Crippen molar-refractivity contribution in [1.29, 1.82) is 0 Å². The maximum absolute atomic E-state index is 12.8. The first-order chi connectivity index (χ1) is 16.9. The van der Waals surface area contributed by atoms with Gasteiger partial charge in [-0.1, -0.05) is 56.3 Å². The number of hydrogen-bond donors (Lipinski definition) is 1. The van der Waals surface area contributed by atoms with E-state index < -0.39 is 0 Å². The van der Waals surface area contributed by atoms with E-state index in [9.17, 15) is 9.59 Å². The molecule has 1 aliphatic rings. The molecule has 0 aromatic heterocycles. The predicted molar refractivity (Wildman–Crippen MR) is 142 cm³/mol. The maximum Gasteiger partial charge on any atom is 0.321 e. The van der Waals surface area contributed by atoms with Gasteiger partial charge >= 0.3 is 6.03 Å². The first-order valence-electron chi connectivity index (χ1n) is 12.3. The van der Waals surface area contributed by atoms with Crippen molar-refractivity contribution in [2.75, 3.05) is 58.2 Å². The first-order valence-corrected chi connectivity index (χ1v) is 12.3. The molecule has 35 heavy (non-hydrogen) atoms. The van der Waals surface area contributed by atoms with E-state index in [1.54, 1.807) is 7.11 Å². The molecular weight excluding hydrogens is 440 g/mol. The van der Waals surface area contributed by atoms with Gasteiger partial charge in [0.1, 0.15) is 5.75 Å². The highest BCUT2D eigenvalue weighted by molar-refractivity contribution is 5.89. The van der Waals surface area contributed by atoms with Gasteiger partial charge in [0.15, 0.2) is 0 Å². The molecule has 3 rings (SSSR count). The van der Waals surface area contributed by atoms with E-state index in [4.69, 9.17) is 4.74 Å². The SMILES string of the molecule is COc1ccccc1/C=C/CN(CCN1CCN(C(=O)Nc2cccc(C)c2)CC1)C(=O)C(C)C. The van der Waals surface area contributed by atoms with Crippen LogP contribution in [-0.2, 0) is 4.79 Å². The lowest BCUT2D eigenvalue weighted by molar-refractivity contribution is -0.134. The second-order valence-electron chi connectivity index (χ2n) is 9.21. The first kappa shape index (κ1) is 26.3.